The van der Waals surface area contributed by atoms with Crippen LogP contribution in [0.4, 0.5) is 4.39 Å². The molecule has 0 aliphatic heterocycles. The summed E-state index contributed by atoms with van der Waals surface area (Å²) in [6.45, 7) is 6.93. The van der Waals surface area contributed by atoms with Crippen molar-refractivity contribution < 1.29 is 9.50 Å². The summed E-state index contributed by atoms with van der Waals surface area (Å²) in [6, 6.07) is 3.67. The number of aliphatic hydroxyl groups is 1. The summed E-state index contributed by atoms with van der Waals surface area (Å²) in [5, 5.41) is 12.1. The van der Waals surface area contributed by atoms with Crippen LogP contribution in [0.2, 0.25) is 0 Å². The fourth-order valence-electron chi connectivity index (χ4n) is 1.80. The molecule has 18 heavy (non-hydrogen) atoms. The smallest absolute Gasteiger partial charge is 0.126 e. The van der Waals surface area contributed by atoms with Crippen molar-refractivity contribution in [1.82, 2.24) is 5.32 Å². The van der Waals surface area contributed by atoms with Crippen LogP contribution in [0.1, 0.15) is 37.4 Å². The Bertz CT molecular complexity index is 384. The highest BCUT2D eigenvalue weighted by Crippen LogP contribution is 2.30. The number of thioether (sulfide) groups is 1. The van der Waals surface area contributed by atoms with Crippen LogP contribution in [0, 0.1) is 12.7 Å². The molecule has 0 bridgehead atoms. The largest absolute Gasteiger partial charge is 0.396 e. The first-order valence-corrected chi connectivity index (χ1v) is 7.35. The maximum absolute atomic E-state index is 13.7. The van der Waals surface area contributed by atoms with E-state index >= 15 is 0 Å². The monoisotopic (exact) mass is 271 g/mol. The second-order valence-corrected chi connectivity index (χ2v) is 5.48. The molecular formula is C14H22FNOS. The maximum atomic E-state index is 13.7. The normalized spacial score (nSPS) is 12.7. The van der Waals surface area contributed by atoms with E-state index in [1.807, 2.05) is 19.9 Å². The summed E-state index contributed by atoms with van der Waals surface area (Å²) < 4.78 is 13.7. The molecular weight excluding hydrogens is 249 g/mol. The van der Waals surface area contributed by atoms with Crippen LogP contribution in [0.3, 0.4) is 0 Å². The van der Waals surface area contributed by atoms with Gasteiger partial charge in [0.25, 0.3) is 0 Å². The third-order valence-corrected chi connectivity index (χ3v) is 3.99. The van der Waals surface area contributed by atoms with Gasteiger partial charge >= 0.3 is 0 Å². The fourth-order valence-corrected chi connectivity index (χ4v) is 2.95. The van der Waals surface area contributed by atoms with E-state index in [1.54, 1.807) is 24.8 Å². The molecule has 0 heterocycles. The summed E-state index contributed by atoms with van der Waals surface area (Å²) in [6.07, 6.45) is 0.760. The lowest BCUT2D eigenvalue weighted by molar-refractivity contribution is 0.296. The van der Waals surface area contributed by atoms with Crippen molar-refractivity contribution >= 4 is 11.8 Å². The molecule has 0 saturated heterocycles. The first-order valence-electron chi connectivity index (χ1n) is 6.37. The Hall–Kier alpha value is -0.580. The van der Waals surface area contributed by atoms with E-state index in [0.29, 0.717) is 5.56 Å². The van der Waals surface area contributed by atoms with Crippen LogP contribution < -0.4 is 5.32 Å². The topological polar surface area (TPSA) is 32.3 Å². The first kappa shape index (κ1) is 15.5. The molecule has 102 valence electrons. The average Bonchev–Trinajstić information content (AvgIpc) is 2.34. The number of hydrogen-bond donors (Lipinski definition) is 2. The molecule has 0 aromatic heterocycles. The molecule has 2 N–H and O–H groups in total. The Labute approximate surface area is 113 Å². The van der Waals surface area contributed by atoms with Crippen molar-refractivity contribution in [2.75, 3.05) is 18.9 Å². The summed E-state index contributed by atoms with van der Waals surface area (Å²) >= 11 is 1.68. The third kappa shape index (κ3) is 4.26. The van der Waals surface area contributed by atoms with Gasteiger partial charge in [0.1, 0.15) is 5.82 Å². The van der Waals surface area contributed by atoms with Crippen LogP contribution in [0.5, 0.6) is 0 Å². The van der Waals surface area contributed by atoms with Crippen LogP contribution in [-0.2, 0) is 0 Å². The molecule has 0 aliphatic carbocycles. The number of benzene rings is 1. The van der Waals surface area contributed by atoms with Crippen LogP contribution >= 0.6 is 11.8 Å². The van der Waals surface area contributed by atoms with Gasteiger partial charge in [-0.15, -0.1) is 11.8 Å². The van der Waals surface area contributed by atoms with Gasteiger partial charge in [0, 0.05) is 23.3 Å². The minimum absolute atomic E-state index is 0.140. The fraction of sp³-hybridized carbons (Fsp3) is 0.571. The van der Waals surface area contributed by atoms with Gasteiger partial charge in [0.05, 0.1) is 0 Å². The van der Waals surface area contributed by atoms with Gasteiger partial charge in [0.15, 0.2) is 0 Å². The van der Waals surface area contributed by atoms with Crippen LogP contribution in [-0.4, -0.2) is 24.0 Å². The summed E-state index contributed by atoms with van der Waals surface area (Å²) in [5.41, 5.74) is 1.68. The van der Waals surface area contributed by atoms with Crippen LogP contribution in [0.25, 0.3) is 0 Å². The number of aryl methyl sites for hydroxylation is 1. The zero-order valence-corrected chi connectivity index (χ0v) is 12.1. The molecule has 0 radical (unpaired) electrons. The molecule has 0 saturated carbocycles. The van der Waals surface area contributed by atoms with E-state index in [-0.39, 0.29) is 18.5 Å². The Morgan fingerprint density at radius 1 is 1.44 bits per heavy atom. The molecule has 0 amide bonds. The van der Waals surface area contributed by atoms with Gasteiger partial charge in [-0.3, -0.25) is 0 Å². The third-order valence-electron chi connectivity index (χ3n) is 2.83. The summed E-state index contributed by atoms with van der Waals surface area (Å²) in [4.78, 5) is 1.11. The molecule has 0 fully saturated rings. The number of rotatable bonds is 7. The number of aliphatic hydroxyl groups excluding tert-OH is 1. The van der Waals surface area contributed by atoms with Gasteiger partial charge in [-0.05, 0) is 50.1 Å². The molecule has 1 aromatic carbocycles. The second-order valence-electron chi connectivity index (χ2n) is 4.34. The SMILES string of the molecule is CCNC(C)c1cc(F)c(C)cc1SCCCO. The highest BCUT2D eigenvalue weighted by Gasteiger charge is 2.13. The number of hydrogen-bond acceptors (Lipinski definition) is 3. The summed E-state index contributed by atoms with van der Waals surface area (Å²) in [7, 11) is 0. The van der Waals surface area contributed by atoms with Crippen molar-refractivity contribution in [3.8, 4) is 0 Å². The minimum atomic E-state index is -0.152. The highest BCUT2D eigenvalue weighted by molar-refractivity contribution is 7.99. The van der Waals surface area contributed by atoms with E-state index in [2.05, 4.69) is 5.32 Å². The first-order chi connectivity index (χ1) is 8.60. The Kier molecular flexibility index (Phi) is 6.68. The lowest BCUT2D eigenvalue weighted by atomic mass is 10.1. The predicted molar refractivity (Wildman–Crippen MR) is 75.7 cm³/mol. The van der Waals surface area contributed by atoms with E-state index in [0.717, 1.165) is 29.2 Å². The average molecular weight is 271 g/mol. The Morgan fingerprint density at radius 3 is 2.78 bits per heavy atom. The zero-order chi connectivity index (χ0) is 13.5. The molecule has 2 nitrogen and oxygen atoms in total. The standard InChI is InChI=1S/C14H22FNOS/c1-4-16-11(3)12-9-13(15)10(2)8-14(12)18-7-5-6-17/h8-9,11,16-17H,4-7H2,1-3H3. The molecule has 0 spiro atoms. The van der Waals surface area contributed by atoms with E-state index < -0.39 is 0 Å². The molecule has 4 heteroatoms. The van der Waals surface area contributed by atoms with Crippen molar-refractivity contribution in [3.63, 3.8) is 0 Å². The maximum Gasteiger partial charge on any atom is 0.126 e. The van der Waals surface area contributed by atoms with Gasteiger partial charge in [-0.25, -0.2) is 4.39 Å². The predicted octanol–water partition coefficient (Wildman–Crippen LogP) is 3.28. The van der Waals surface area contributed by atoms with E-state index in [1.165, 1.54) is 0 Å². The molecule has 1 aromatic rings. The number of halogens is 1. The van der Waals surface area contributed by atoms with Gasteiger partial charge in [0.2, 0.25) is 0 Å². The Morgan fingerprint density at radius 2 is 2.17 bits per heavy atom. The van der Waals surface area contributed by atoms with Crippen molar-refractivity contribution in [1.29, 1.82) is 0 Å². The molecule has 0 aliphatic rings. The van der Waals surface area contributed by atoms with Gasteiger partial charge in [-0.1, -0.05) is 6.92 Å². The summed E-state index contributed by atoms with van der Waals surface area (Å²) in [5.74, 6) is 0.703. The van der Waals surface area contributed by atoms with E-state index in [4.69, 9.17) is 5.11 Å². The molecule has 1 unspecified atom stereocenters. The second kappa shape index (κ2) is 7.77. The molecule has 1 rings (SSSR count). The van der Waals surface area contributed by atoms with E-state index in [9.17, 15) is 4.39 Å². The van der Waals surface area contributed by atoms with Gasteiger partial charge in [-0.2, -0.15) is 0 Å². The highest BCUT2D eigenvalue weighted by atomic mass is 32.2. The van der Waals surface area contributed by atoms with Crippen LogP contribution in [0.15, 0.2) is 17.0 Å². The zero-order valence-electron chi connectivity index (χ0n) is 11.3. The van der Waals surface area contributed by atoms with Crippen molar-refractivity contribution in [2.45, 2.75) is 38.1 Å². The Balaban J connectivity index is 2.93. The van der Waals surface area contributed by atoms with Gasteiger partial charge < -0.3 is 10.4 Å². The quantitative estimate of drug-likeness (QED) is 0.589. The number of nitrogens with one attached hydrogen (secondary N) is 1. The lowest BCUT2D eigenvalue weighted by Crippen LogP contribution is -2.18. The lowest BCUT2D eigenvalue weighted by Gasteiger charge is -2.18. The van der Waals surface area contributed by atoms with Crippen molar-refractivity contribution in [2.24, 2.45) is 0 Å². The molecule has 1 atom stereocenters. The minimum Gasteiger partial charge on any atom is -0.396 e. The van der Waals surface area contributed by atoms with Crippen molar-refractivity contribution in [3.05, 3.63) is 29.1 Å².